The summed E-state index contributed by atoms with van der Waals surface area (Å²) in [6.45, 7) is 5.71. The van der Waals surface area contributed by atoms with Crippen LogP contribution in [-0.4, -0.2) is 56.0 Å². The molecule has 0 saturated carbocycles. The summed E-state index contributed by atoms with van der Waals surface area (Å²) in [5.74, 6) is 0.480. The molecule has 7 heteroatoms. The molecule has 1 fully saturated rings. The second-order valence-electron chi connectivity index (χ2n) is 9.20. The molecule has 0 unspecified atom stereocenters. The molecular formula is C29H32N4O3. The Balaban J connectivity index is 1.12. The van der Waals surface area contributed by atoms with E-state index in [1.807, 2.05) is 30.3 Å². The number of nitrogens with zero attached hydrogens (tertiary/aromatic N) is 3. The summed E-state index contributed by atoms with van der Waals surface area (Å²) in [6, 6.07) is 26.3. The summed E-state index contributed by atoms with van der Waals surface area (Å²) in [7, 11) is 0. The van der Waals surface area contributed by atoms with Crippen molar-refractivity contribution in [3.05, 3.63) is 90.0 Å². The van der Waals surface area contributed by atoms with Gasteiger partial charge in [0.05, 0.1) is 5.69 Å². The molecule has 0 bridgehead atoms. The van der Waals surface area contributed by atoms with E-state index in [1.165, 1.54) is 11.3 Å². The Labute approximate surface area is 212 Å². The fourth-order valence-corrected chi connectivity index (χ4v) is 4.82. The largest absolute Gasteiger partial charge is 0.482 e. The van der Waals surface area contributed by atoms with E-state index >= 15 is 0 Å². The Morgan fingerprint density at radius 3 is 2.33 bits per heavy atom. The van der Waals surface area contributed by atoms with E-state index in [0.29, 0.717) is 18.8 Å². The first-order valence-electron chi connectivity index (χ1n) is 12.6. The lowest BCUT2D eigenvalue weighted by Gasteiger charge is -2.36. The van der Waals surface area contributed by atoms with Crippen molar-refractivity contribution in [2.24, 2.45) is 0 Å². The number of anilines is 2. The van der Waals surface area contributed by atoms with Gasteiger partial charge in [-0.15, -0.1) is 0 Å². The molecule has 7 nitrogen and oxygen atoms in total. The standard InChI is InChI=1S/C29H32N4O3/c34-28(14-15-33-26-12-6-7-13-27(26)36-22-29(33)35)30-20-23-8-4-5-9-24(23)21-31-16-18-32(19-17-31)25-10-2-1-3-11-25/h1-13H,14-22H2,(H,30,34). The maximum atomic E-state index is 12.7. The summed E-state index contributed by atoms with van der Waals surface area (Å²) in [6.07, 6.45) is 0.240. The van der Waals surface area contributed by atoms with Crippen LogP contribution in [0.25, 0.3) is 0 Å². The number of nitrogens with one attached hydrogen (secondary N) is 1. The fourth-order valence-electron chi connectivity index (χ4n) is 4.82. The number of carbonyl (C=O) groups is 2. The number of ether oxygens (including phenoxy) is 1. The van der Waals surface area contributed by atoms with Crippen molar-refractivity contribution < 1.29 is 14.3 Å². The molecule has 0 radical (unpaired) electrons. The number of carbonyl (C=O) groups excluding carboxylic acids is 2. The number of benzene rings is 3. The van der Waals surface area contributed by atoms with Crippen LogP contribution in [0.5, 0.6) is 5.75 Å². The van der Waals surface area contributed by atoms with Crippen molar-refractivity contribution in [1.82, 2.24) is 10.2 Å². The predicted molar refractivity (Wildman–Crippen MR) is 141 cm³/mol. The van der Waals surface area contributed by atoms with Gasteiger partial charge < -0.3 is 19.9 Å². The van der Waals surface area contributed by atoms with Gasteiger partial charge in [-0.25, -0.2) is 0 Å². The van der Waals surface area contributed by atoms with Crippen LogP contribution in [0.15, 0.2) is 78.9 Å². The topological polar surface area (TPSA) is 65.1 Å². The zero-order valence-electron chi connectivity index (χ0n) is 20.4. The zero-order valence-corrected chi connectivity index (χ0v) is 20.4. The number of rotatable bonds is 8. The van der Waals surface area contributed by atoms with Crippen molar-refractivity contribution in [3.63, 3.8) is 0 Å². The minimum Gasteiger partial charge on any atom is -0.482 e. The van der Waals surface area contributed by atoms with Crippen LogP contribution < -0.4 is 19.9 Å². The fraction of sp³-hybridized carbons (Fsp3) is 0.310. The molecule has 0 atom stereocenters. The highest BCUT2D eigenvalue weighted by atomic mass is 16.5. The molecule has 2 amide bonds. The van der Waals surface area contributed by atoms with Crippen molar-refractivity contribution >= 4 is 23.2 Å². The third-order valence-corrected chi connectivity index (χ3v) is 6.85. The van der Waals surface area contributed by atoms with Gasteiger partial charge in [-0.1, -0.05) is 54.6 Å². The highest BCUT2D eigenvalue weighted by molar-refractivity contribution is 5.98. The monoisotopic (exact) mass is 484 g/mol. The van der Waals surface area contributed by atoms with Crippen LogP contribution >= 0.6 is 0 Å². The number of piperazine rings is 1. The molecule has 0 spiro atoms. The molecule has 36 heavy (non-hydrogen) atoms. The van der Waals surface area contributed by atoms with Crippen LogP contribution in [0.2, 0.25) is 0 Å². The van der Waals surface area contributed by atoms with Crippen LogP contribution in [-0.2, 0) is 22.7 Å². The van der Waals surface area contributed by atoms with Crippen molar-refractivity contribution in [3.8, 4) is 5.75 Å². The number of fused-ring (bicyclic) bond motifs is 1. The van der Waals surface area contributed by atoms with E-state index in [2.05, 4.69) is 63.6 Å². The minimum atomic E-state index is -0.126. The third-order valence-electron chi connectivity index (χ3n) is 6.85. The van der Waals surface area contributed by atoms with Crippen molar-refractivity contribution in [1.29, 1.82) is 0 Å². The number of para-hydroxylation sites is 3. The van der Waals surface area contributed by atoms with Gasteiger partial charge in [0, 0.05) is 57.9 Å². The Kier molecular flexibility index (Phi) is 7.47. The summed E-state index contributed by atoms with van der Waals surface area (Å²) >= 11 is 0. The van der Waals surface area contributed by atoms with Crippen LogP contribution in [0.4, 0.5) is 11.4 Å². The average Bonchev–Trinajstić information content (AvgIpc) is 2.93. The Morgan fingerprint density at radius 1 is 0.833 bits per heavy atom. The number of hydrogen-bond donors (Lipinski definition) is 1. The van der Waals surface area contributed by atoms with E-state index in [-0.39, 0.29) is 24.8 Å². The summed E-state index contributed by atoms with van der Waals surface area (Å²) < 4.78 is 5.48. The maximum Gasteiger partial charge on any atom is 0.265 e. The van der Waals surface area contributed by atoms with E-state index in [9.17, 15) is 9.59 Å². The molecule has 1 saturated heterocycles. The molecule has 3 aromatic rings. The van der Waals surface area contributed by atoms with Gasteiger partial charge in [-0.05, 0) is 35.4 Å². The highest BCUT2D eigenvalue weighted by Gasteiger charge is 2.25. The van der Waals surface area contributed by atoms with Gasteiger partial charge in [0.15, 0.2) is 6.61 Å². The third kappa shape index (κ3) is 5.69. The Morgan fingerprint density at radius 2 is 1.53 bits per heavy atom. The molecule has 0 aliphatic carbocycles. The maximum absolute atomic E-state index is 12.7. The molecule has 1 N–H and O–H groups in total. The van der Waals surface area contributed by atoms with Gasteiger partial charge in [0.25, 0.3) is 5.91 Å². The molecule has 2 aliphatic heterocycles. The molecule has 5 rings (SSSR count). The van der Waals surface area contributed by atoms with E-state index < -0.39 is 0 Å². The van der Waals surface area contributed by atoms with E-state index in [4.69, 9.17) is 4.74 Å². The Hall–Kier alpha value is -3.84. The first-order valence-corrected chi connectivity index (χ1v) is 12.6. The second-order valence-corrected chi connectivity index (χ2v) is 9.20. The molecule has 3 aromatic carbocycles. The summed E-state index contributed by atoms with van der Waals surface area (Å²) in [5.41, 5.74) is 4.37. The number of hydrogen-bond acceptors (Lipinski definition) is 5. The predicted octanol–water partition coefficient (Wildman–Crippen LogP) is 3.44. The van der Waals surface area contributed by atoms with Gasteiger partial charge in [0.2, 0.25) is 5.91 Å². The second kappa shape index (κ2) is 11.3. The average molecular weight is 485 g/mol. The SMILES string of the molecule is O=C(CCN1C(=O)COc2ccccc21)NCc1ccccc1CN1CCN(c2ccccc2)CC1. The zero-order chi connectivity index (χ0) is 24.7. The van der Waals surface area contributed by atoms with Crippen molar-refractivity contribution in [2.75, 3.05) is 49.1 Å². The molecule has 186 valence electrons. The first-order chi connectivity index (χ1) is 17.7. The normalized spacial score (nSPS) is 15.8. The molecule has 0 aromatic heterocycles. The lowest BCUT2D eigenvalue weighted by Crippen LogP contribution is -2.46. The summed E-state index contributed by atoms with van der Waals surface area (Å²) in [4.78, 5) is 31.5. The van der Waals surface area contributed by atoms with Crippen LogP contribution in [0, 0.1) is 0 Å². The van der Waals surface area contributed by atoms with Crippen LogP contribution in [0.3, 0.4) is 0 Å². The van der Waals surface area contributed by atoms with Gasteiger partial charge in [0.1, 0.15) is 5.75 Å². The van der Waals surface area contributed by atoms with Gasteiger partial charge in [-0.3, -0.25) is 14.5 Å². The van der Waals surface area contributed by atoms with Crippen molar-refractivity contribution in [2.45, 2.75) is 19.5 Å². The Bertz CT molecular complexity index is 1190. The minimum absolute atomic E-state index is 0.00557. The van der Waals surface area contributed by atoms with E-state index in [0.717, 1.165) is 44.0 Å². The molecule has 2 heterocycles. The highest BCUT2D eigenvalue weighted by Crippen LogP contribution is 2.31. The molecule has 2 aliphatic rings. The summed E-state index contributed by atoms with van der Waals surface area (Å²) in [5, 5.41) is 3.05. The smallest absolute Gasteiger partial charge is 0.265 e. The number of amides is 2. The van der Waals surface area contributed by atoms with Crippen LogP contribution in [0.1, 0.15) is 17.5 Å². The van der Waals surface area contributed by atoms with Gasteiger partial charge >= 0.3 is 0 Å². The first kappa shape index (κ1) is 23.9. The van der Waals surface area contributed by atoms with E-state index in [1.54, 1.807) is 4.90 Å². The van der Waals surface area contributed by atoms with Gasteiger partial charge in [-0.2, -0.15) is 0 Å². The molecular weight excluding hydrogens is 452 g/mol. The lowest BCUT2D eigenvalue weighted by atomic mass is 10.1. The lowest BCUT2D eigenvalue weighted by molar-refractivity contribution is -0.122. The quantitative estimate of drug-likeness (QED) is 0.531.